The number of carbonyl (C=O) groups is 2. The summed E-state index contributed by atoms with van der Waals surface area (Å²) >= 11 is 7.56. The Kier molecular flexibility index (Phi) is 6.19. The Hall–Kier alpha value is -1.85. The van der Waals surface area contributed by atoms with Gasteiger partial charge in [-0.1, -0.05) is 23.7 Å². The maximum absolute atomic E-state index is 12.0. The van der Waals surface area contributed by atoms with Gasteiger partial charge in [0.25, 0.3) is 5.91 Å². The van der Waals surface area contributed by atoms with Gasteiger partial charge in [0, 0.05) is 13.0 Å². The minimum atomic E-state index is -0.107. The minimum absolute atomic E-state index is 0.0992. The summed E-state index contributed by atoms with van der Waals surface area (Å²) in [6.07, 6.45) is 0.903. The van der Waals surface area contributed by atoms with Gasteiger partial charge in [-0.3, -0.25) is 9.59 Å². The van der Waals surface area contributed by atoms with E-state index in [9.17, 15) is 9.59 Å². The average Bonchev–Trinajstić information content (AvgIpc) is 3.01. The van der Waals surface area contributed by atoms with E-state index < -0.39 is 0 Å². The number of hydrogen-bond donors (Lipinski definition) is 2. The van der Waals surface area contributed by atoms with Gasteiger partial charge in [-0.25, -0.2) is 0 Å². The SMILES string of the molecule is Cc1cc(C)c(NC(=O)CCCNC(=O)c2cccs2)c(Cl)c1. The van der Waals surface area contributed by atoms with E-state index in [0.29, 0.717) is 35.0 Å². The van der Waals surface area contributed by atoms with Crippen molar-refractivity contribution in [1.29, 1.82) is 0 Å². The first-order valence-electron chi connectivity index (χ1n) is 7.35. The van der Waals surface area contributed by atoms with Crippen LogP contribution in [0.25, 0.3) is 0 Å². The molecule has 6 heteroatoms. The molecule has 0 fully saturated rings. The molecule has 1 aromatic carbocycles. The number of rotatable bonds is 6. The molecule has 0 radical (unpaired) electrons. The Bertz CT molecular complexity index is 676. The fraction of sp³-hybridized carbons (Fsp3) is 0.294. The van der Waals surface area contributed by atoms with Gasteiger partial charge in [0.2, 0.25) is 5.91 Å². The summed E-state index contributed by atoms with van der Waals surface area (Å²) in [5.74, 6) is -0.206. The van der Waals surface area contributed by atoms with Crippen LogP contribution in [0.3, 0.4) is 0 Å². The maximum atomic E-state index is 12.0. The average molecular weight is 351 g/mol. The van der Waals surface area contributed by atoms with Crippen molar-refractivity contribution >= 4 is 40.4 Å². The van der Waals surface area contributed by atoms with Crippen LogP contribution >= 0.6 is 22.9 Å². The van der Waals surface area contributed by atoms with Gasteiger partial charge >= 0.3 is 0 Å². The summed E-state index contributed by atoms with van der Waals surface area (Å²) in [5, 5.41) is 8.04. The van der Waals surface area contributed by atoms with Gasteiger partial charge < -0.3 is 10.6 Å². The number of halogens is 1. The lowest BCUT2D eigenvalue weighted by molar-refractivity contribution is -0.116. The molecule has 0 unspecified atom stereocenters. The minimum Gasteiger partial charge on any atom is -0.351 e. The molecule has 1 heterocycles. The zero-order chi connectivity index (χ0) is 16.8. The molecule has 0 aliphatic heterocycles. The second-order valence-electron chi connectivity index (χ2n) is 5.32. The van der Waals surface area contributed by atoms with Crippen molar-refractivity contribution in [2.24, 2.45) is 0 Å². The van der Waals surface area contributed by atoms with Gasteiger partial charge in [-0.15, -0.1) is 11.3 Å². The first-order valence-corrected chi connectivity index (χ1v) is 8.61. The van der Waals surface area contributed by atoms with E-state index in [1.165, 1.54) is 11.3 Å². The molecular formula is C17H19ClN2O2S. The Balaban J connectivity index is 1.77. The third kappa shape index (κ3) is 5.08. The lowest BCUT2D eigenvalue weighted by atomic mass is 10.1. The smallest absolute Gasteiger partial charge is 0.261 e. The molecular weight excluding hydrogens is 332 g/mol. The largest absolute Gasteiger partial charge is 0.351 e. The summed E-state index contributed by atoms with van der Waals surface area (Å²) < 4.78 is 0. The summed E-state index contributed by atoms with van der Waals surface area (Å²) in [4.78, 5) is 24.4. The van der Waals surface area contributed by atoms with Crippen molar-refractivity contribution in [2.75, 3.05) is 11.9 Å². The van der Waals surface area contributed by atoms with Crippen LogP contribution in [-0.2, 0) is 4.79 Å². The molecule has 2 N–H and O–H groups in total. The normalized spacial score (nSPS) is 10.4. The molecule has 0 aliphatic carbocycles. The van der Waals surface area contributed by atoms with E-state index in [4.69, 9.17) is 11.6 Å². The van der Waals surface area contributed by atoms with Crippen LogP contribution in [0.2, 0.25) is 5.02 Å². The Morgan fingerprint density at radius 3 is 2.70 bits per heavy atom. The van der Waals surface area contributed by atoms with Gasteiger partial charge in [0.05, 0.1) is 15.6 Å². The van der Waals surface area contributed by atoms with Crippen LogP contribution in [0, 0.1) is 13.8 Å². The molecule has 122 valence electrons. The monoisotopic (exact) mass is 350 g/mol. The molecule has 2 aromatic rings. The standard InChI is InChI=1S/C17H19ClN2O2S/c1-11-9-12(2)16(13(18)10-11)20-15(21)6-3-7-19-17(22)14-5-4-8-23-14/h4-5,8-10H,3,6-7H2,1-2H3,(H,19,22)(H,20,21). The summed E-state index contributed by atoms with van der Waals surface area (Å²) in [6.45, 7) is 4.33. The second kappa shape index (κ2) is 8.13. The molecule has 23 heavy (non-hydrogen) atoms. The van der Waals surface area contributed by atoms with Crippen LogP contribution in [0.15, 0.2) is 29.6 Å². The van der Waals surface area contributed by atoms with E-state index in [1.54, 1.807) is 6.07 Å². The number of thiophene rings is 1. The van der Waals surface area contributed by atoms with Crippen molar-refractivity contribution in [3.63, 3.8) is 0 Å². The number of aryl methyl sites for hydroxylation is 2. The highest BCUT2D eigenvalue weighted by atomic mass is 35.5. The Labute approximate surface area is 144 Å². The highest BCUT2D eigenvalue weighted by Crippen LogP contribution is 2.27. The predicted molar refractivity (Wildman–Crippen MR) is 95.4 cm³/mol. The quantitative estimate of drug-likeness (QED) is 0.768. The molecule has 0 aliphatic rings. The lowest BCUT2D eigenvalue weighted by Gasteiger charge is -2.11. The number of anilines is 1. The molecule has 2 amide bonds. The number of carbonyl (C=O) groups excluding carboxylic acids is 2. The highest BCUT2D eigenvalue weighted by molar-refractivity contribution is 7.12. The topological polar surface area (TPSA) is 58.2 Å². The Morgan fingerprint density at radius 2 is 2.04 bits per heavy atom. The fourth-order valence-electron chi connectivity index (χ4n) is 2.22. The molecule has 0 saturated heterocycles. The zero-order valence-electron chi connectivity index (χ0n) is 13.1. The van der Waals surface area contributed by atoms with Crippen molar-refractivity contribution in [2.45, 2.75) is 26.7 Å². The third-order valence-electron chi connectivity index (χ3n) is 3.31. The summed E-state index contributed by atoms with van der Waals surface area (Å²) in [5.41, 5.74) is 2.65. The fourth-order valence-corrected chi connectivity index (χ4v) is 3.23. The van der Waals surface area contributed by atoms with Crippen LogP contribution < -0.4 is 10.6 Å². The van der Waals surface area contributed by atoms with E-state index in [1.807, 2.05) is 37.4 Å². The van der Waals surface area contributed by atoms with Gasteiger partial charge in [-0.05, 0) is 48.9 Å². The van der Waals surface area contributed by atoms with Crippen LogP contribution in [0.5, 0.6) is 0 Å². The van der Waals surface area contributed by atoms with E-state index >= 15 is 0 Å². The van der Waals surface area contributed by atoms with E-state index in [2.05, 4.69) is 10.6 Å². The summed E-state index contributed by atoms with van der Waals surface area (Å²) in [7, 11) is 0. The predicted octanol–water partition coefficient (Wildman–Crippen LogP) is 4.17. The highest BCUT2D eigenvalue weighted by Gasteiger charge is 2.10. The van der Waals surface area contributed by atoms with Crippen LogP contribution in [0.4, 0.5) is 5.69 Å². The number of hydrogen-bond acceptors (Lipinski definition) is 3. The van der Waals surface area contributed by atoms with Crippen molar-refractivity contribution in [3.05, 3.63) is 50.7 Å². The summed E-state index contributed by atoms with van der Waals surface area (Å²) in [6, 6.07) is 7.41. The second-order valence-corrected chi connectivity index (χ2v) is 6.68. The van der Waals surface area contributed by atoms with Gasteiger partial charge in [0.15, 0.2) is 0 Å². The molecule has 2 rings (SSSR count). The number of benzene rings is 1. The van der Waals surface area contributed by atoms with Gasteiger partial charge in [-0.2, -0.15) is 0 Å². The maximum Gasteiger partial charge on any atom is 0.261 e. The van der Waals surface area contributed by atoms with Gasteiger partial charge in [0.1, 0.15) is 0 Å². The zero-order valence-corrected chi connectivity index (χ0v) is 14.7. The molecule has 0 saturated carbocycles. The van der Waals surface area contributed by atoms with Crippen molar-refractivity contribution < 1.29 is 9.59 Å². The molecule has 0 atom stereocenters. The number of nitrogens with one attached hydrogen (secondary N) is 2. The first kappa shape index (κ1) is 17.5. The Morgan fingerprint density at radius 1 is 1.26 bits per heavy atom. The third-order valence-corrected chi connectivity index (χ3v) is 4.47. The van der Waals surface area contributed by atoms with E-state index in [0.717, 1.165) is 11.1 Å². The van der Waals surface area contributed by atoms with E-state index in [-0.39, 0.29) is 11.8 Å². The molecule has 1 aromatic heterocycles. The molecule has 0 bridgehead atoms. The van der Waals surface area contributed by atoms with Crippen LogP contribution in [0.1, 0.15) is 33.6 Å². The first-order chi connectivity index (χ1) is 11.0. The lowest BCUT2D eigenvalue weighted by Crippen LogP contribution is -2.24. The van der Waals surface area contributed by atoms with Crippen molar-refractivity contribution in [1.82, 2.24) is 5.32 Å². The van der Waals surface area contributed by atoms with Crippen LogP contribution in [-0.4, -0.2) is 18.4 Å². The molecule has 4 nitrogen and oxygen atoms in total. The van der Waals surface area contributed by atoms with Crippen molar-refractivity contribution in [3.8, 4) is 0 Å². The number of amides is 2. The molecule has 0 spiro atoms.